The van der Waals surface area contributed by atoms with Gasteiger partial charge in [0.05, 0.1) is 7.11 Å². The number of halogens is 2. The second kappa shape index (κ2) is 6.44. The van der Waals surface area contributed by atoms with Gasteiger partial charge in [0, 0.05) is 21.2 Å². The Hall–Kier alpha value is -1.00. The van der Waals surface area contributed by atoms with Crippen molar-refractivity contribution in [2.45, 2.75) is 13.5 Å². The van der Waals surface area contributed by atoms with Crippen molar-refractivity contribution in [2.24, 2.45) is 0 Å². The van der Waals surface area contributed by atoms with Crippen LogP contribution in [0, 0.1) is 6.92 Å². The first kappa shape index (κ1) is 14.4. The fraction of sp³-hybridized carbons (Fsp3) is 0.200. The van der Waals surface area contributed by atoms with Crippen molar-refractivity contribution in [2.75, 3.05) is 12.4 Å². The molecule has 0 aliphatic heterocycles. The molecular weight excluding hydrogens is 370 g/mol. The molecule has 2 rings (SSSR count). The summed E-state index contributed by atoms with van der Waals surface area (Å²) in [5, 5.41) is 3.43. The van der Waals surface area contributed by atoms with Gasteiger partial charge in [-0.25, -0.2) is 0 Å². The first-order valence-electron chi connectivity index (χ1n) is 5.92. The van der Waals surface area contributed by atoms with Crippen LogP contribution in [0.3, 0.4) is 0 Å². The summed E-state index contributed by atoms with van der Waals surface area (Å²) in [6.07, 6.45) is 0. The van der Waals surface area contributed by atoms with Crippen LogP contribution in [-0.4, -0.2) is 7.11 Å². The maximum atomic E-state index is 5.25. The Morgan fingerprint density at radius 1 is 1.05 bits per heavy atom. The molecule has 2 aromatic carbocycles. The molecule has 0 amide bonds. The van der Waals surface area contributed by atoms with Crippen molar-refractivity contribution >= 4 is 37.5 Å². The molecule has 0 spiro atoms. The van der Waals surface area contributed by atoms with Crippen LogP contribution in [0.25, 0.3) is 0 Å². The highest BCUT2D eigenvalue weighted by Gasteiger charge is 2.04. The number of rotatable bonds is 4. The topological polar surface area (TPSA) is 21.3 Å². The van der Waals surface area contributed by atoms with E-state index in [9.17, 15) is 0 Å². The molecule has 0 aliphatic rings. The van der Waals surface area contributed by atoms with Crippen LogP contribution >= 0.6 is 31.9 Å². The lowest BCUT2D eigenvalue weighted by molar-refractivity contribution is 0.414. The molecule has 0 fully saturated rings. The minimum Gasteiger partial charge on any atom is -0.497 e. The Balaban J connectivity index is 2.16. The van der Waals surface area contributed by atoms with E-state index in [4.69, 9.17) is 4.74 Å². The van der Waals surface area contributed by atoms with Gasteiger partial charge in [-0.05, 0) is 64.3 Å². The first-order valence-corrected chi connectivity index (χ1v) is 7.51. The lowest BCUT2D eigenvalue weighted by atomic mass is 10.2. The third kappa shape index (κ3) is 3.74. The Morgan fingerprint density at radius 3 is 2.53 bits per heavy atom. The van der Waals surface area contributed by atoms with E-state index < -0.39 is 0 Å². The number of anilines is 1. The van der Waals surface area contributed by atoms with Crippen molar-refractivity contribution in [3.8, 4) is 5.75 Å². The summed E-state index contributed by atoms with van der Waals surface area (Å²) in [6, 6.07) is 12.2. The van der Waals surface area contributed by atoms with E-state index in [-0.39, 0.29) is 0 Å². The lowest BCUT2D eigenvalue weighted by Crippen LogP contribution is -2.01. The van der Waals surface area contributed by atoms with E-state index in [0.29, 0.717) is 0 Å². The highest BCUT2D eigenvalue weighted by atomic mass is 79.9. The fourth-order valence-corrected chi connectivity index (χ4v) is 2.55. The van der Waals surface area contributed by atoms with Gasteiger partial charge in [0.25, 0.3) is 0 Å². The highest BCUT2D eigenvalue weighted by Crippen LogP contribution is 2.26. The molecule has 0 bridgehead atoms. The van der Waals surface area contributed by atoms with Crippen LogP contribution in [-0.2, 0) is 6.54 Å². The van der Waals surface area contributed by atoms with Crippen molar-refractivity contribution in [1.29, 1.82) is 0 Å². The van der Waals surface area contributed by atoms with Gasteiger partial charge in [0.2, 0.25) is 0 Å². The standard InChI is InChI=1S/C15H15Br2NO/c1-10-3-5-14(17)15(7-10)18-9-11-8-12(19-2)4-6-13(11)16/h3-8,18H,9H2,1-2H3. The fourth-order valence-electron chi connectivity index (χ4n) is 1.78. The van der Waals surface area contributed by atoms with E-state index in [1.807, 2.05) is 18.2 Å². The predicted molar refractivity (Wildman–Crippen MR) is 86.9 cm³/mol. The smallest absolute Gasteiger partial charge is 0.119 e. The molecule has 0 saturated heterocycles. The van der Waals surface area contributed by atoms with E-state index in [1.165, 1.54) is 5.56 Å². The number of hydrogen-bond donors (Lipinski definition) is 1. The zero-order chi connectivity index (χ0) is 13.8. The zero-order valence-corrected chi connectivity index (χ0v) is 14.0. The molecule has 0 atom stereocenters. The molecule has 2 nitrogen and oxygen atoms in total. The summed E-state index contributed by atoms with van der Waals surface area (Å²) in [6.45, 7) is 2.82. The van der Waals surface area contributed by atoms with Crippen LogP contribution in [0.1, 0.15) is 11.1 Å². The quantitative estimate of drug-likeness (QED) is 0.787. The Bertz CT molecular complexity index is 584. The largest absolute Gasteiger partial charge is 0.497 e. The van der Waals surface area contributed by atoms with Crippen molar-refractivity contribution in [3.05, 3.63) is 56.5 Å². The molecule has 0 radical (unpaired) electrons. The Labute approximate surface area is 130 Å². The molecular formula is C15H15Br2NO. The summed E-state index contributed by atoms with van der Waals surface area (Å²) in [7, 11) is 1.68. The highest BCUT2D eigenvalue weighted by molar-refractivity contribution is 9.10. The van der Waals surface area contributed by atoms with Crippen molar-refractivity contribution in [3.63, 3.8) is 0 Å². The van der Waals surface area contributed by atoms with E-state index in [0.717, 1.165) is 32.5 Å². The van der Waals surface area contributed by atoms with Gasteiger partial charge < -0.3 is 10.1 Å². The molecule has 2 aromatic rings. The molecule has 1 N–H and O–H groups in total. The zero-order valence-electron chi connectivity index (χ0n) is 10.8. The molecule has 100 valence electrons. The maximum absolute atomic E-state index is 5.25. The second-order valence-corrected chi connectivity index (χ2v) is 6.00. The molecule has 4 heteroatoms. The van der Waals surface area contributed by atoms with Crippen LogP contribution in [0.5, 0.6) is 5.75 Å². The first-order chi connectivity index (χ1) is 9.10. The van der Waals surface area contributed by atoms with Crippen LogP contribution < -0.4 is 10.1 Å². The van der Waals surface area contributed by atoms with Gasteiger partial charge >= 0.3 is 0 Å². The summed E-state index contributed by atoms with van der Waals surface area (Å²) < 4.78 is 7.39. The van der Waals surface area contributed by atoms with Gasteiger partial charge in [-0.2, -0.15) is 0 Å². The van der Waals surface area contributed by atoms with E-state index in [2.05, 4.69) is 62.3 Å². The minimum atomic E-state index is 0.736. The van der Waals surface area contributed by atoms with Gasteiger partial charge in [0.1, 0.15) is 5.75 Å². The number of aryl methyl sites for hydroxylation is 1. The third-order valence-electron chi connectivity index (χ3n) is 2.84. The third-order valence-corrected chi connectivity index (χ3v) is 4.31. The van der Waals surface area contributed by atoms with Crippen LogP contribution in [0.2, 0.25) is 0 Å². The lowest BCUT2D eigenvalue weighted by Gasteiger charge is -2.12. The summed E-state index contributed by atoms with van der Waals surface area (Å²) in [5.74, 6) is 0.864. The average molecular weight is 385 g/mol. The number of methoxy groups -OCH3 is 1. The SMILES string of the molecule is COc1ccc(Br)c(CNc2cc(C)ccc2Br)c1. The van der Waals surface area contributed by atoms with Crippen molar-refractivity contribution < 1.29 is 4.74 Å². The summed E-state index contributed by atoms with van der Waals surface area (Å²) >= 11 is 7.11. The van der Waals surface area contributed by atoms with Gasteiger partial charge in [-0.3, -0.25) is 0 Å². The second-order valence-electron chi connectivity index (χ2n) is 4.29. The average Bonchev–Trinajstić information content (AvgIpc) is 2.41. The Morgan fingerprint density at radius 2 is 1.79 bits per heavy atom. The Kier molecular flexibility index (Phi) is 4.88. The normalized spacial score (nSPS) is 10.3. The molecule has 0 unspecified atom stereocenters. The van der Waals surface area contributed by atoms with Crippen LogP contribution in [0.15, 0.2) is 45.3 Å². The molecule has 0 aliphatic carbocycles. The van der Waals surface area contributed by atoms with Crippen LogP contribution in [0.4, 0.5) is 5.69 Å². The van der Waals surface area contributed by atoms with Gasteiger partial charge in [0.15, 0.2) is 0 Å². The predicted octanol–water partition coefficient (Wildman–Crippen LogP) is 5.14. The van der Waals surface area contributed by atoms with E-state index in [1.54, 1.807) is 7.11 Å². The van der Waals surface area contributed by atoms with Gasteiger partial charge in [-0.1, -0.05) is 22.0 Å². The number of benzene rings is 2. The summed E-state index contributed by atoms with van der Waals surface area (Å²) in [5.41, 5.74) is 3.48. The number of hydrogen-bond acceptors (Lipinski definition) is 2. The monoisotopic (exact) mass is 383 g/mol. The van der Waals surface area contributed by atoms with Crippen molar-refractivity contribution in [1.82, 2.24) is 0 Å². The number of nitrogens with one attached hydrogen (secondary N) is 1. The maximum Gasteiger partial charge on any atom is 0.119 e. The molecule has 0 heterocycles. The summed E-state index contributed by atoms with van der Waals surface area (Å²) in [4.78, 5) is 0. The number of ether oxygens (including phenoxy) is 1. The molecule has 19 heavy (non-hydrogen) atoms. The minimum absolute atomic E-state index is 0.736. The van der Waals surface area contributed by atoms with E-state index >= 15 is 0 Å². The van der Waals surface area contributed by atoms with Gasteiger partial charge in [-0.15, -0.1) is 0 Å². The molecule has 0 aromatic heterocycles. The molecule has 0 saturated carbocycles.